The van der Waals surface area contributed by atoms with Gasteiger partial charge in [-0.2, -0.15) is 0 Å². The van der Waals surface area contributed by atoms with Crippen molar-refractivity contribution in [3.8, 4) is 0 Å². The summed E-state index contributed by atoms with van der Waals surface area (Å²) < 4.78 is 14.7. The zero-order chi connectivity index (χ0) is 13.5. The van der Waals surface area contributed by atoms with E-state index < -0.39 is 5.60 Å². The molecule has 3 heteroatoms. The van der Waals surface area contributed by atoms with Crippen LogP contribution in [0.5, 0.6) is 0 Å². The van der Waals surface area contributed by atoms with E-state index in [1.54, 1.807) is 18.2 Å². The molecule has 3 rings (SSSR count). The Hall–Kier alpha value is -1.19. The van der Waals surface area contributed by atoms with Crippen LogP contribution in [0.2, 0.25) is 0 Å². The van der Waals surface area contributed by atoms with Crippen LogP contribution >= 0.6 is 15.9 Å². The molecule has 0 saturated carbocycles. The Morgan fingerprint density at radius 2 is 1.79 bits per heavy atom. The largest absolute Gasteiger partial charge is 0.380 e. The standard InChI is InChI=1S/C16H14BrFO/c17-14-9-3-8-13(15(14)18)16(19)10-4-6-11-5-1-2-7-12(11)16/h1-3,5,7-9,19H,4,6,10H2. The molecule has 1 nitrogen and oxygen atoms in total. The van der Waals surface area contributed by atoms with Gasteiger partial charge in [0, 0.05) is 5.56 Å². The lowest BCUT2D eigenvalue weighted by molar-refractivity contribution is 0.0577. The Bertz CT molecular complexity index is 626. The number of aliphatic hydroxyl groups is 1. The van der Waals surface area contributed by atoms with Gasteiger partial charge in [0.25, 0.3) is 0 Å². The summed E-state index contributed by atoms with van der Waals surface area (Å²) in [6.07, 6.45) is 2.35. The van der Waals surface area contributed by atoms with E-state index in [4.69, 9.17) is 0 Å². The molecule has 0 saturated heterocycles. The highest BCUT2D eigenvalue weighted by Crippen LogP contribution is 2.42. The van der Waals surface area contributed by atoms with Crippen molar-refractivity contribution in [1.29, 1.82) is 0 Å². The molecule has 0 radical (unpaired) electrons. The number of fused-ring (bicyclic) bond motifs is 1. The fraction of sp³-hybridized carbons (Fsp3) is 0.250. The summed E-state index contributed by atoms with van der Waals surface area (Å²) in [7, 11) is 0. The predicted molar refractivity (Wildman–Crippen MR) is 76.5 cm³/mol. The Labute approximate surface area is 120 Å². The van der Waals surface area contributed by atoms with Crippen molar-refractivity contribution in [3.05, 3.63) is 69.4 Å². The van der Waals surface area contributed by atoms with Gasteiger partial charge < -0.3 is 5.11 Å². The molecule has 0 spiro atoms. The van der Waals surface area contributed by atoms with E-state index in [0.29, 0.717) is 16.5 Å². The molecule has 1 atom stereocenters. The number of hydrogen-bond donors (Lipinski definition) is 1. The molecule has 2 aromatic rings. The minimum atomic E-state index is -1.22. The van der Waals surface area contributed by atoms with Crippen LogP contribution in [0.15, 0.2) is 46.9 Å². The highest BCUT2D eigenvalue weighted by Gasteiger charge is 2.38. The van der Waals surface area contributed by atoms with Gasteiger partial charge in [0.2, 0.25) is 0 Å². The summed E-state index contributed by atoms with van der Waals surface area (Å²) in [5, 5.41) is 11.0. The van der Waals surface area contributed by atoms with Crippen LogP contribution in [0.1, 0.15) is 29.5 Å². The summed E-state index contributed by atoms with van der Waals surface area (Å²) >= 11 is 3.19. The van der Waals surface area contributed by atoms with Gasteiger partial charge in [0.05, 0.1) is 4.47 Å². The van der Waals surface area contributed by atoms with E-state index in [1.165, 1.54) is 0 Å². The maximum absolute atomic E-state index is 14.3. The number of rotatable bonds is 1. The SMILES string of the molecule is OC1(c2cccc(Br)c2F)CCCc2ccccc21. The summed E-state index contributed by atoms with van der Waals surface area (Å²) in [5.41, 5.74) is 1.07. The average molecular weight is 321 g/mol. The van der Waals surface area contributed by atoms with Crippen molar-refractivity contribution in [1.82, 2.24) is 0 Å². The van der Waals surface area contributed by atoms with Crippen LogP contribution in [0.25, 0.3) is 0 Å². The smallest absolute Gasteiger partial charge is 0.143 e. The van der Waals surface area contributed by atoms with Gasteiger partial charge in [-0.05, 0) is 52.4 Å². The lowest BCUT2D eigenvalue weighted by Crippen LogP contribution is -2.33. The molecule has 98 valence electrons. The predicted octanol–water partition coefficient (Wildman–Crippen LogP) is 4.16. The lowest BCUT2D eigenvalue weighted by Gasteiger charge is -2.35. The van der Waals surface area contributed by atoms with E-state index in [9.17, 15) is 9.50 Å². The van der Waals surface area contributed by atoms with Crippen LogP contribution in [0.4, 0.5) is 4.39 Å². The zero-order valence-electron chi connectivity index (χ0n) is 10.4. The number of hydrogen-bond acceptors (Lipinski definition) is 1. The van der Waals surface area contributed by atoms with E-state index in [0.717, 1.165) is 24.0 Å². The molecule has 0 aliphatic heterocycles. The molecule has 0 heterocycles. The van der Waals surface area contributed by atoms with Gasteiger partial charge >= 0.3 is 0 Å². The second kappa shape index (κ2) is 4.73. The van der Waals surface area contributed by atoms with Crippen LogP contribution in [-0.4, -0.2) is 5.11 Å². The summed E-state index contributed by atoms with van der Waals surface area (Å²) in [4.78, 5) is 0. The molecule has 2 aromatic carbocycles. The van der Waals surface area contributed by atoms with Crippen molar-refractivity contribution in [3.63, 3.8) is 0 Å². The lowest BCUT2D eigenvalue weighted by atomic mass is 9.75. The molecule has 1 aliphatic rings. The molecular weight excluding hydrogens is 307 g/mol. The molecule has 0 bridgehead atoms. The third kappa shape index (κ3) is 2.01. The van der Waals surface area contributed by atoms with Crippen molar-refractivity contribution >= 4 is 15.9 Å². The van der Waals surface area contributed by atoms with E-state index in [-0.39, 0.29) is 5.82 Å². The quantitative estimate of drug-likeness (QED) is 0.836. The number of aryl methyl sites for hydroxylation is 1. The first-order valence-electron chi connectivity index (χ1n) is 6.38. The third-order valence-corrected chi connectivity index (χ3v) is 4.46. The van der Waals surface area contributed by atoms with E-state index in [2.05, 4.69) is 15.9 Å². The van der Waals surface area contributed by atoms with Crippen LogP contribution in [0.3, 0.4) is 0 Å². The van der Waals surface area contributed by atoms with E-state index >= 15 is 0 Å². The van der Waals surface area contributed by atoms with Gasteiger partial charge in [-0.3, -0.25) is 0 Å². The maximum atomic E-state index is 14.3. The highest BCUT2D eigenvalue weighted by molar-refractivity contribution is 9.10. The van der Waals surface area contributed by atoms with Gasteiger partial charge in [0.15, 0.2) is 0 Å². The van der Waals surface area contributed by atoms with Gasteiger partial charge in [-0.15, -0.1) is 0 Å². The number of benzene rings is 2. The number of halogens is 2. The van der Waals surface area contributed by atoms with Crippen molar-refractivity contribution < 1.29 is 9.50 Å². The highest BCUT2D eigenvalue weighted by atomic mass is 79.9. The Morgan fingerprint density at radius 1 is 1.05 bits per heavy atom. The zero-order valence-corrected chi connectivity index (χ0v) is 12.0. The molecule has 1 unspecified atom stereocenters. The molecular formula is C16H14BrFO. The second-order valence-corrected chi connectivity index (χ2v) is 5.83. The normalized spacial score (nSPS) is 22.1. The monoisotopic (exact) mass is 320 g/mol. The van der Waals surface area contributed by atoms with Gasteiger partial charge in [-0.25, -0.2) is 4.39 Å². The first kappa shape index (κ1) is 12.8. The third-order valence-electron chi connectivity index (χ3n) is 3.84. The Balaban J connectivity index is 2.22. The van der Waals surface area contributed by atoms with Crippen LogP contribution in [-0.2, 0) is 12.0 Å². The fourth-order valence-electron chi connectivity index (χ4n) is 2.91. The van der Waals surface area contributed by atoms with Gasteiger partial charge in [-0.1, -0.05) is 36.4 Å². The molecule has 1 aliphatic carbocycles. The molecule has 0 amide bonds. The van der Waals surface area contributed by atoms with Crippen molar-refractivity contribution in [2.45, 2.75) is 24.9 Å². The topological polar surface area (TPSA) is 20.2 Å². The first-order valence-corrected chi connectivity index (χ1v) is 7.17. The Kier molecular flexibility index (Phi) is 3.19. The molecule has 19 heavy (non-hydrogen) atoms. The van der Waals surface area contributed by atoms with E-state index in [1.807, 2.05) is 24.3 Å². The summed E-state index contributed by atoms with van der Waals surface area (Å²) in [6.45, 7) is 0. The molecule has 1 N–H and O–H groups in total. The fourth-order valence-corrected chi connectivity index (χ4v) is 3.28. The van der Waals surface area contributed by atoms with Crippen LogP contribution in [0, 0.1) is 5.82 Å². The second-order valence-electron chi connectivity index (χ2n) is 4.97. The maximum Gasteiger partial charge on any atom is 0.143 e. The van der Waals surface area contributed by atoms with Crippen molar-refractivity contribution in [2.24, 2.45) is 0 Å². The van der Waals surface area contributed by atoms with Crippen molar-refractivity contribution in [2.75, 3.05) is 0 Å². The first-order chi connectivity index (χ1) is 9.13. The van der Waals surface area contributed by atoms with Crippen LogP contribution < -0.4 is 0 Å². The molecule has 0 fully saturated rings. The summed E-state index contributed by atoms with van der Waals surface area (Å²) in [6, 6.07) is 12.8. The minimum Gasteiger partial charge on any atom is -0.380 e. The summed E-state index contributed by atoms with van der Waals surface area (Å²) in [5.74, 6) is -0.373. The minimum absolute atomic E-state index is 0.356. The average Bonchev–Trinajstić information content (AvgIpc) is 2.42. The van der Waals surface area contributed by atoms with Gasteiger partial charge in [0.1, 0.15) is 11.4 Å². The molecule has 0 aromatic heterocycles. The Morgan fingerprint density at radius 3 is 2.63 bits per heavy atom.